The Hall–Kier alpha value is -0.400. The molecule has 0 heterocycles. The number of hydrogen-bond acceptors (Lipinski definition) is 2. The van der Waals surface area contributed by atoms with Crippen molar-refractivity contribution in [2.75, 3.05) is 26.6 Å². The normalized spacial score (nSPS) is 10.7. The second-order valence-electron chi connectivity index (χ2n) is 5.28. The van der Waals surface area contributed by atoms with Gasteiger partial charge in [0.15, 0.2) is 0 Å². The highest BCUT2D eigenvalue weighted by molar-refractivity contribution is 7.72. The Morgan fingerprint density at radius 3 is 2.50 bits per heavy atom. The third kappa shape index (κ3) is 6.51. The number of halogens is 1. The van der Waals surface area contributed by atoms with Crippen LogP contribution in [0.25, 0.3) is 0 Å². The van der Waals surface area contributed by atoms with Crippen molar-refractivity contribution in [3.63, 3.8) is 0 Å². The molecule has 0 aliphatic rings. The lowest BCUT2D eigenvalue weighted by Crippen LogP contribution is -3.00. The number of benzene rings is 1. The first kappa shape index (κ1) is 17.6. The smallest absolute Gasteiger partial charge is 0.338 e. The summed E-state index contributed by atoms with van der Waals surface area (Å²) in [6.45, 7) is 9.39. The largest absolute Gasteiger partial charge is 1.00 e. The van der Waals surface area contributed by atoms with Crippen molar-refractivity contribution in [2.45, 2.75) is 19.5 Å². The topological polar surface area (TPSA) is 26.3 Å². The maximum Gasteiger partial charge on any atom is 0.338 e. The lowest BCUT2D eigenvalue weighted by Gasteiger charge is -2.12. The zero-order chi connectivity index (χ0) is 12.9. The SMILES string of the molecule is CCCOC(=O)c1cccc(C[P+](C)(C)C)c1.[Br-]. The number of rotatable bonds is 5. The van der Waals surface area contributed by atoms with Gasteiger partial charge < -0.3 is 21.7 Å². The molecule has 2 nitrogen and oxygen atoms in total. The molecular formula is C14H22BrO2P. The van der Waals surface area contributed by atoms with Gasteiger partial charge in [0.05, 0.1) is 18.3 Å². The second-order valence-corrected chi connectivity index (χ2v) is 10.2. The monoisotopic (exact) mass is 332 g/mol. The van der Waals surface area contributed by atoms with Gasteiger partial charge in [-0.25, -0.2) is 4.79 Å². The fourth-order valence-corrected chi connectivity index (χ4v) is 2.91. The molecule has 0 spiro atoms. The summed E-state index contributed by atoms with van der Waals surface area (Å²) in [7, 11) is -0.861. The number of carbonyl (C=O) groups excluding carboxylic acids is 1. The fraction of sp³-hybridized carbons (Fsp3) is 0.500. The van der Waals surface area contributed by atoms with Gasteiger partial charge in [-0.2, -0.15) is 0 Å². The van der Waals surface area contributed by atoms with E-state index in [0.29, 0.717) is 12.2 Å². The number of hydrogen-bond donors (Lipinski definition) is 0. The number of esters is 1. The fourth-order valence-electron chi connectivity index (χ4n) is 1.62. The molecule has 0 aliphatic heterocycles. The van der Waals surface area contributed by atoms with Crippen molar-refractivity contribution in [2.24, 2.45) is 0 Å². The van der Waals surface area contributed by atoms with Crippen LogP contribution in [0.4, 0.5) is 0 Å². The minimum atomic E-state index is -0.861. The molecule has 102 valence electrons. The van der Waals surface area contributed by atoms with Crippen LogP contribution >= 0.6 is 7.26 Å². The molecule has 0 amide bonds. The molecule has 0 saturated heterocycles. The highest BCUT2D eigenvalue weighted by Gasteiger charge is 2.18. The van der Waals surface area contributed by atoms with Crippen molar-refractivity contribution in [3.05, 3.63) is 35.4 Å². The molecule has 1 rings (SSSR count). The maximum absolute atomic E-state index is 11.7. The molecule has 1 aromatic carbocycles. The van der Waals surface area contributed by atoms with E-state index in [1.807, 2.05) is 25.1 Å². The van der Waals surface area contributed by atoms with E-state index in [0.717, 1.165) is 12.6 Å². The van der Waals surface area contributed by atoms with Crippen LogP contribution in [0.3, 0.4) is 0 Å². The van der Waals surface area contributed by atoms with Crippen LogP contribution in [0.15, 0.2) is 24.3 Å². The van der Waals surface area contributed by atoms with Crippen LogP contribution in [-0.2, 0) is 10.9 Å². The molecule has 0 N–H and O–H groups in total. The van der Waals surface area contributed by atoms with Gasteiger partial charge in [0.25, 0.3) is 0 Å². The van der Waals surface area contributed by atoms with Crippen molar-refractivity contribution in [3.8, 4) is 0 Å². The van der Waals surface area contributed by atoms with Crippen LogP contribution < -0.4 is 17.0 Å². The number of ether oxygens (including phenoxy) is 1. The molecule has 0 radical (unpaired) electrons. The molecule has 0 saturated carbocycles. The zero-order valence-electron chi connectivity index (χ0n) is 11.6. The average molecular weight is 333 g/mol. The van der Waals surface area contributed by atoms with E-state index < -0.39 is 7.26 Å². The second kappa shape index (κ2) is 7.91. The lowest BCUT2D eigenvalue weighted by atomic mass is 10.1. The van der Waals surface area contributed by atoms with E-state index >= 15 is 0 Å². The quantitative estimate of drug-likeness (QED) is 0.585. The Kier molecular flexibility index (Phi) is 7.73. The minimum absolute atomic E-state index is 0. The van der Waals surface area contributed by atoms with Crippen molar-refractivity contribution in [1.29, 1.82) is 0 Å². The summed E-state index contributed by atoms with van der Waals surface area (Å²) in [5, 5.41) is 0. The van der Waals surface area contributed by atoms with Gasteiger partial charge in [0.1, 0.15) is 0 Å². The first-order valence-electron chi connectivity index (χ1n) is 5.99. The van der Waals surface area contributed by atoms with Crippen LogP contribution in [0, 0.1) is 0 Å². The third-order valence-electron chi connectivity index (χ3n) is 2.26. The minimum Gasteiger partial charge on any atom is -1.00 e. The zero-order valence-corrected chi connectivity index (χ0v) is 14.1. The first-order chi connectivity index (χ1) is 7.92. The van der Waals surface area contributed by atoms with Gasteiger partial charge in [0.2, 0.25) is 0 Å². The Morgan fingerprint density at radius 2 is 1.94 bits per heavy atom. The Morgan fingerprint density at radius 1 is 1.28 bits per heavy atom. The van der Waals surface area contributed by atoms with Crippen LogP contribution in [0.5, 0.6) is 0 Å². The van der Waals surface area contributed by atoms with Gasteiger partial charge >= 0.3 is 5.97 Å². The first-order valence-corrected chi connectivity index (χ1v) is 9.30. The molecule has 0 unspecified atom stereocenters. The molecule has 0 fully saturated rings. The number of carbonyl (C=O) groups is 1. The van der Waals surface area contributed by atoms with E-state index in [-0.39, 0.29) is 23.0 Å². The third-order valence-corrected chi connectivity index (χ3v) is 3.57. The summed E-state index contributed by atoms with van der Waals surface area (Å²) in [4.78, 5) is 11.7. The van der Waals surface area contributed by atoms with Gasteiger partial charge in [-0.15, -0.1) is 0 Å². The molecule has 4 heteroatoms. The van der Waals surface area contributed by atoms with Crippen LogP contribution in [0.1, 0.15) is 29.3 Å². The molecule has 0 aromatic heterocycles. The van der Waals surface area contributed by atoms with Gasteiger partial charge in [-0.05, 0) is 24.1 Å². The van der Waals surface area contributed by atoms with Crippen LogP contribution in [0.2, 0.25) is 0 Å². The summed E-state index contributed by atoms with van der Waals surface area (Å²) >= 11 is 0. The van der Waals surface area contributed by atoms with E-state index in [4.69, 9.17) is 4.74 Å². The molecule has 0 bridgehead atoms. The van der Waals surface area contributed by atoms with E-state index in [1.165, 1.54) is 5.56 Å². The highest BCUT2D eigenvalue weighted by Crippen LogP contribution is 2.49. The van der Waals surface area contributed by atoms with Crippen molar-refractivity contribution in [1.82, 2.24) is 0 Å². The lowest BCUT2D eigenvalue weighted by molar-refractivity contribution is -0.0000217. The Bertz CT molecular complexity index is 386. The van der Waals surface area contributed by atoms with Gasteiger partial charge in [0, 0.05) is 27.3 Å². The standard InChI is InChI=1S/C14H22O2P.BrH/c1-5-9-16-14(15)13-8-6-7-12(10-13)11-17(2,3)4;/h6-8,10H,5,9,11H2,1-4H3;1H/q+1;/p-1. The molecular weight excluding hydrogens is 311 g/mol. The van der Waals surface area contributed by atoms with Crippen molar-refractivity contribution >= 4 is 13.2 Å². The molecule has 18 heavy (non-hydrogen) atoms. The van der Waals surface area contributed by atoms with E-state index in [1.54, 1.807) is 0 Å². The summed E-state index contributed by atoms with van der Waals surface area (Å²) in [6, 6.07) is 7.81. The molecule has 0 atom stereocenters. The Balaban J connectivity index is 0.00000289. The predicted molar refractivity (Wildman–Crippen MR) is 75.4 cm³/mol. The highest BCUT2D eigenvalue weighted by atomic mass is 79.9. The summed E-state index contributed by atoms with van der Waals surface area (Å²) in [5.41, 5.74) is 1.90. The van der Waals surface area contributed by atoms with Gasteiger partial charge in [-0.1, -0.05) is 19.1 Å². The molecule has 1 aromatic rings. The van der Waals surface area contributed by atoms with E-state index in [9.17, 15) is 4.79 Å². The predicted octanol–water partition coefficient (Wildman–Crippen LogP) is 0.664. The molecule has 0 aliphatic carbocycles. The maximum atomic E-state index is 11.7. The summed E-state index contributed by atoms with van der Waals surface area (Å²) in [6.07, 6.45) is 1.93. The summed E-state index contributed by atoms with van der Waals surface area (Å²) in [5.74, 6) is -0.207. The average Bonchev–Trinajstić information content (AvgIpc) is 2.24. The van der Waals surface area contributed by atoms with Crippen molar-refractivity contribution < 1.29 is 26.5 Å². The van der Waals surface area contributed by atoms with E-state index in [2.05, 4.69) is 26.1 Å². The summed E-state index contributed by atoms with van der Waals surface area (Å²) < 4.78 is 5.13. The van der Waals surface area contributed by atoms with Gasteiger partial charge in [-0.3, -0.25) is 0 Å². The van der Waals surface area contributed by atoms with Crippen LogP contribution in [-0.4, -0.2) is 32.6 Å². The Labute approximate surface area is 121 Å².